The molecule has 134 valence electrons. The van der Waals surface area contributed by atoms with E-state index in [1.807, 2.05) is 49.8 Å². The number of hydrogen-bond acceptors (Lipinski definition) is 4. The standard InChI is InChI=1S/C20H27N3O2/c1-22-13-10-21-19(22)18-16(7-14-25-18)15-23-11-8-20(24,9-12-23)17-5-3-2-4-6-17/h2-6,10,13,16,18,24H,7-9,11-12,14-15H2,1H3/t16-,18+/m0/s1. The predicted molar refractivity (Wildman–Crippen MR) is 96.0 cm³/mol. The van der Waals surface area contributed by atoms with Crippen molar-refractivity contribution in [2.75, 3.05) is 26.2 Å². The highest BCUT2D eigenvalue weighted by atomic mass is 16.5. The minimum atomic E-state index is -0.678. The lowest BCUT2D eigenvalue weighted by atomic mass is 9.84. The zero-order valence-electron chi connectivity index (χ0n) is 14.8. The van der Waals surface area contributed by atoms with Crippen LogP contribution in [0.5, 0.6) is 0 Å². The summed E-state index contributed by atoms with van der Waals surface area (Å²) in [6.07, 6.45) is 6.57. The first-order valence-corrected chi connectivity index (χ1v) is 9.25. The molecule has 1 N–H and O–H groups in total. The van der Waals surface area contributed by atoms with Gasteiger partial charge in [0.2, 0.25) is 0 Å². The first-order chi connectivity index (χ1) is 12.2. The van der Waals surface area contributed by atoms with Gasteiger partial charge in [-0.2, -0.15) is 0 Å². The molecule has 2 aromatic rings. The van der Waals surface area contributed by atoms with E-state index >= 15 is 0 Å². The number of nitrogens with zero attached hydrogens (tertiary/aromatic N) is 3. The molecule has 5 nitrogen and oxygen atoms in total. The molecule has 5 heteroatoms. The molecule has 2 aliphatic rings. The number of likely N-dealkylation sites (tertiary alicyclic amines) is 1. The maximum Gasteiger partial charge on any atom is 0.137 e. The molecular formula is C20H27N3O2. The SMILES string of the molecule is Cn1ccnc1[C@@H]1OCC[C@H]1CN1CCC(O)(c2ccccc2)CC1. The molecule has 2 aliphatic heterocycles. The number of ether oxygens (including phenoxy) is 1. The summed E-state index contributed by atoms with van der Waals surface area (Å²) in [6.45, 7) is 3.68. The van der Waals surface area contributed by atoms with E-state index in [0.717, 1.165) is 56.9 Å². The van der Waals surface area contributed by atoms with Gasteiger partial charge in [-0.25, -0.2) is 4.98 Å². The molecule has 3 heterocycles. The number of benzene rings is 1. The van der Waals surface area contributed by atoms with Gasteiger partial charge in [-0.05, 0) is 24.8 Å². The van der Waals surface area contributed by atoms with Gasteiger partial charge >= 0.3 is 0 Å². The lowest BCUT2D eigenvalue weighted by molar-refractivity contribution is -0.0319. The molecule has 0 amide bonds. The Labute approximate surface area is 149 Å². The van der Waals surface area contributed by atoms with Gasteiger partial charge in [0.05, 0.1) is 5.60 Å². The van der Waals surface area contributed by atoms with Crippen LogP contribution in [0.3, 0.4) is 0 Å². The molecule has 4 rings (SSSR count). The fourth-order valence-electron chi connectivity index (χ4n) is 4.23. The number of imidazole rings is 1. The van der Waals surface area contributed by atoms with E-state index in [9.17, 15) is 5.11 Å². The predicted octanol–water partition coefficient (Wildman–Crippen LogP) is 2.48. The monoisotopic (exact) mass is 341 g/mol. The highest BCUT2D eigenvalue weighted by Gasteiger charge is 2.37. The van der Waals surface area contributed by atoms with Crippen molar-refractivity contribution in [3.63, 3.8) is 0 Å². The van der Waals surface area contributed by atoms with Gasteiger partial charge in [0, 0.05) is 51.6 Å². The number of aromatic nitrogens is 2. The van der Waals surface area contributed by atoms with Crippen LogP contribution in [-0.4, -0.2) is 45.8 Å². The van der Waals surface area contributed by atoms with E-state index in [1.165, 1.54) is 0 Å². The van der Waals surface area contributed by atoms with Crippen LogP contribution in [0, 0.1) is 5.92 Å². The Balaban J connectivity index is 1.38. The zero-order valence-corrected chi connectivity index (χ0v) is 14.8. The zero-order chi connectivity index (χ0) is 17.3. The van der Waals surface area contributed by atoms with E-state index in [1.54, 1.807) is 0 Å². The van der Waals surface area contributed by atoms with Crippen LogP contribution in [0.2, 0.25) is 0 Å². The van der Waals surface area contributed by atoms with Gasteiger partial charge in [0.1, 0.15) is 11.9 Å². The topological polar surface area (TPSA) is 50.5 Å². The Hall–Kier alpha value is -1.69. The van der Waals surface area contributed by atoms with Gasteiger partial charge in [0.15, 0.2) is 0 Å². The van der Waals surface area contributed by atoms with Crippen LogP contribution in [0.4, 0.5) is 0 Å². The molecule has 1 aromatic carbocycles. The smallest absolute Gasteiger partial charge is 0.137 e. The molecule has 2 atom stereocenters. The first kappa shape index (κ1) is 16.8. The van der Waals surface area contributed by atoms with Crippen LogP contribution in [0.25, 0.3) is 0 Å². The molecule has 0 unspecified atom stereocenters. The summed E-state index contributed by atoms with van der Waals surface area (Å²) >= 11 is 0. The van der Waals surface area contributed by atoms with Gasteiger partial charge in [-0.15, -0.1) is 0 Å². The van der Waals surface area contributed by atoms with Crippen molar-refractivity contribution in [1.82, 2.24) is 14.5 Å². The third-order valence-corrected chi connectivity index (χ3v) is 5.81. The molecule has 0 radical (unpaired) electrons. The van der Waals surface area contributed by atoms with Crippen molar-refractivity contribution >= 4 is 0 Å². The molecule has 1 aromatic heterocycles. The van der Waals surface area contributed by atoms with Crippen molar-refractivity contribution in [3.8, 4) is 0 Å². The Morgan fingerprint density at radius 2 is 2.00 bits per heavy atom. The number of aryl methyl sites for hydroxylation is 1. The van der Waals surface area contributed by atoms with Crippen LogP contribution in [0.1, 0.15) is 36.8 Å². The van der Waals surface area contributed by atoms with Crippen LogP contribution in [0.15, 0.2) is 42.7 Å². The minimum absolute atomic E-state index is 0.0925. The number of aliphatic hydroxyl groups is 1. The van der Waals surface area contributed by atoms with E-state index in [2.05, 4.69) is 14.5 Å². The normalized spacial score (nSPS) is 26.8. The largest absolute Gasteiger partial charge is 0.385 e. The second kappa shape index (κ2) is 6.90. The van der Waals surface area contributed by atoms with Crippen molar-refractivity contribution < 1.29 is 9.84 Å². The van der Waals surface area contributed by atoms with Crippen LogP contribution >= 0.6 is 0 Å². The molecular weight excluding hydrogens is 314 g/mol. The fraction of sp³-hybridized carbons (Fsp3) is 0.550. The summed E-state index contributed by atoms with van der Waals surface area (Å²) in [7, 11) is 2.03. The average Bonchev–Trinajstić information content (AvgIpc) is 3.26. The molecule has 2 fully saturated rings. The summed E-state index contributed by atoms with van der Waals surface area (Å²) in [5.74, 6) is 1.50. The van der Waals surface area contributed by atoms with Crippen molar-refractivity contribution in [1.29, 1.82) is 0 Å². The second-order valence-electron chi connectivity index (χ2n) is 7.43. The molecule has 0 aliphatic carbocycles. The third kappa shape index (κ3) is 3.36. The van der Waals surface area contributed by atoms with E-state index < -0.39 is 5.60 Å². The minimum Gasteiger partial charge on any atom is -0.385 e. The van der Waals surface area contributed by atoms with Crippen molar-refractivity contribution in [3.05, 3.63) is 54.1 Å². The van der Waals surface area contributed by atoms with E-state index in [0.29, 0.717) is 5.92 Å². The summed E-state index contributed by atoms with van der Waals surface area (Å²) in [5, 5.41) is 11.0. The summed E-state index contributed by atoms with van der Waals surface area (Å²) in [4.78, 5) is 6.96. The molecule has 0 saturated carbocycles. The number of hydrogen-bond donors (Lipinski definition) is 1. The maximum absolute atomic E-state index is 11.0. The quantitative estimate of drug-likeness (QED) is 0.928. The molecule has 25 heavy (non-hydrogen) atoms. The van der Waals surface area contributed by atoms with Crippen LogP contribution in [-0.2, 0) is 17.4 Å². The molecule has 0 bridgehead atoms. The summed E-state index contributed by atoms with van der Waals surface area (Å²) in [5.41, 5.74) is 0.368. The maximum atomic E-state index is 11.0. The lowest BCUT2D eigenvalue weighted by Crippen LogP contribution is -2.44. The number of rotatable bonds is 4. The van der Waals surface area contributed by atoms with Gasteiger partial charge in [-0.3, -0.25) is 0 Å². The highest BCUT2D eigenvalue weighted by molar-refractivity contribution is 5.23. The van der Waals surface area contributed by atoms with Crippen molar-refractivity contribution in [2.45, 2.75) is 31.0 Å². The van der Waals surface area contributed by atoms with E-state index in [4.69, 9.17) is 4.74 Å². The third-order valence-electron chi connectivity index (χ3n) is 5.81. The Bertz CT molecular complexity index is 692. The highest BCUT2D eigenvalue weighted by Crippen LogP contribution is 2.37. The van der Waals surface area contributed by atoms with E-state index in [-0.39, 0.29) is 6.10 Å². The lowest BCUT2D eigenvalue weighted by Gasteiger charge is -2.39. The Kier molecular flexibility index (Phi) is 4.63. The fourth-order valence-corrected chi connectivity index (χ4v) is 4.23. The molecule has 0 spiro atoms. The second-order valence-corrected chi connectivity index (χ2v) is 7.43. The van der Waals surface area contributed by atoms with Gasteiger partial charge < -0.3 is 19.3 Å². The summed E-state index contributed by atoms with van der Waals surface area (Å²) < 4.78 is 8.05. The molecule has 2 saturated heterocycles. The summed E-state index contributed by atoms with van der Waals surface area (Å²) in [6, 6.07) is 10.1. The first-order valence-electron chi connectivity index (χ1n) is 9.25. The van der Waals surface area contributed by atoms with Gasteiger partial charge in [0.25, 0.3) is 0 Å². The Morgan fingerprint density at radius 3 is 2.68 bits per heavy atom. The van der Waals surface area contributed by atoms with Crippen LogP contribution < -0.4 is 0 Å². The number of piperidine rings is 1. The average molecular weight is 341 g/mol. The van der Waals surface area contributed by atoms with Crippen molar-refractivity contribution in [2.24, 2.45) is 13.0 Å². The Morgan fingerprint density at radius 1 is 1.24 bits per heavy atom. The van der Waals surface area contributed by atoms with Gasteiger partial charge in [-0.1, -0.05) is 30.3 Å².